The minimum absolute atomic E-state index is 0.0961. The van der Waals surface area contributed by atoms with Crippen LogP contribution in [0.15, 0.2) is 0 Å². The zero-order chi connectivity index (χ0) is 5.98. The van der Waals surface area contributed by atoms with Gasteiger partial charge in [-0.05, 0) is 18.3 Å². The van der Waals surface area contributed by atoms with E-state index in [4.69, 9.17) is 0 Å². The highest BCUT2D eigenvalue weighted by atomic mass is 19.1. The predicted molar refractivity (Wildman–Crippen MR) is 32.5 cm³/mol. The molecule has 1 saturated carbocycles. The molecule has 1 aliphatic rings. The largest absolute Gasteiger partial charge is 0.251 e. The minimum atomic E-state index is -0.0961. The molecular weight excluding hydrogens is 103 g/mol. The normalized spacial score (nSPS) is 38.2. The second-order valence-corrected chi connectivity index (χ2v) is 2.82. The summed E-state index contributed by atoms with van der Waals surface area (Å²) in [6.07, 6.45) is 3.61. The Morgan fingerprint density at radius 2 is 2.25 bits per heavy atom. The molecule has 1 heteroatoms. The maximum atomic E-state index is 11.9. The molecule has 0 amide bonds. The Hall–Kier alpha value is -0.0700. The van der Waals surface area contributed by atoms with Gasteiger partial charge in [0, 0.05) is 0 Å². The van der Waals surface area contributed by atoms with E-state index in [9.17, 15) is 4.39 Å². The molecule has 0 nitrogen and oxygen atoms in total. The van der Waals surface area contributed by atoms with Crippen molar-refractivity contribution in [1.82, 2.24) is 0 Å². The van der Waals surface area contributed by atoms with Crippen LogP contribution < -0.4 is 0 Å². The highest BCUT2D eigenvalue weighted by Crippen LogP contribution is 2.30. The van der Waals surface area contributed by atoms with E-state index in [0.29, 0.717) is 11.8 Å². The van der Waals surface area contributed by atoms with Crippen LogP contribution in [0.25, 0.3) is 0 Å². The van der Waals surface area contributed by atoms with Crippen molar-refractivity contribution < 1.29 is 4.39 Å². The molecular formula is C7H13F. The first-order valence-electron chi connectivity index (χ1n) is 3.40. The summed E-state index contributed by atoms with van der Waals surface area (Å²) in [5, 5.41) is 0. The number of hydrogen-bond donors (Lipinski definition) is 0. The molecule has 0 aromatic heterocycles. The molecule has 0 radical (unpaired) electrons. The van der Waals surface area contributed by atoms with Crippen molar-refractivity contribution in [1.29, 1.82) is 0 Å². The fraction of sp³-hybridized carbons (Fsp3) is 1.00. The third-order valence-electron chi connectivity index (χ3n) is 2.24. The summed E-state index contributed by atoms with van der Waals surface area (Å²) in [4.78, 5) is 0. The van der Waals surface area contributed by atoms with Crippen molar-refractivity contribution in [2.45, 2.75) is 26.2 Å². The lowest BCUT2D eigenvalue weighted by Crippen LogP contribution is -2.04. The van der Waals surface area contributed by atoms with E-state index in [-0.39, 0.29) is 6.67 Å². The Morgan fingerprint density at radius 1 is 1.50 bits per heavy atom. The van der Waals surface area contributed by atoms with E-state index in [1.54, 1.807) is 0 Å². The van der Waals surface area contributed by atoms with Gasteiger partial charge in [-0.3, -0.25) is 4.39 Å². The average Bonchev–Trinajstić information content (AvgIpc) is 2.14. The van der Waals surface area contributed by atoms with E-state index in [0.717, 1.165) is 6.42 Å². The van der Waals surface area contributed by atoms with Crippen LogP contribution in [0.4, 0.5) is 4.39 Å². The van der Waals surface area contributed by atoms with Gasteiger partial charge in [0.15, 0.2) is 0 Å². The topological polar surface area (TPSA) is 0 Å². The monoisotopic (exact) mass is 116 g/mol. The van der Waals surface area contributed by atoms with E-state index >= 15 is 0 Å². The second kappa shape index (κ2) is 2.47. The minimum Gasteiger partial charge on any atom is -0.251 e. The van der Waals surface area contributed by atoms with Crippen LogP contribution in [-0.2, 0) is 0 Å². The zero-order valence-corrected chi connectivity index (χ0v) is 5.36. The van der Waals surface area contributed by atoms with Crippen molar-refractivity contribution in [3.8, 4) is 0 Å². The molecule has 0 aromatic carbocycles. The molecule has 0 N–H and O–H groups in total. The summed E-state index contributed by atoms with van der Waals surface area (Å²) in [7, 11) is 0. The molecule has 0 bridgehead atoms. The highest BCUT2D eigenvalue weighted by Gasteiger charge is 2.22. The lowest BCUT2D eigenvalue weighted by molar-refractivity contribution is 0.310. The van der Waals surface area contributed by atoms with Gasteiger partial charge >= 0.3 is 0 Å². The summed E-state index contributed by atoms with van der Waals surface area (Å²) >= 11 is 0. The SMILES string of the molecule is CC1CCCC1CF. The van der Waals surface area contributed by atoms with Crippen molar-refractivity contribution >= 4 is 0 Å². The van der Waals surface area contributed by atoms with Crippen molar-refractivity contribution in [2.75, 3.05) is 6.67 Å². The Balaban J connectivity index is 2.30. The number of alkyl halides is 1. The fourth-order valence-corrected chi connectivity index (χ4v) is 1.45. The Bertz CT molecular complexity index is 70.8. The average molecular weight is 116 g/mol. The molecule has 1 aliphatic carbocycles. The maximum absolute atomic E-state index is 11.9. The van der Waals surface area contributed by atoms with Crippen LogP contribution in [0.2, 0.25) is 0 Å². The molecule has 2 atom stereocenters. The van der Waals surface area contributed by atoms with Gasteiger partial charge in [-0.1, -0.05) is 19.8 Å². The van der Waals surface area contributed by atoms with Crippen LogP contribution in [0.3, 0.4) is 0 Å². The second-order valence-electron chi connectivity index (χ2n) is 2.82. The van der Waals surface area contributed by atoms with Crippen LogP contribution in [0.1, 0.15) is 26.2 Å². The van der Waals surface area contributed by atoms with Crippen molar-refractivity contribution in [2.24, 2.45) is 11.8 Å². The van der Waals surface area contributed by atoms with E-state index in [1.807, 2.05) is 0 Å². The van der Waals surface area contributed by atoms with Gasteiger partial charge in [-0.25, -0.2) is 0 Å². The Labute approximate surface area is 50.1 Å². The summed E-state index contributed by atoms with van der Waals surface area (Å²) < 4.78 is 11.9. The highest BCUT2D eigenvalue weighted by molar-refractivity contribution is 4.72. The van der Waals surface area contributed by atoms with Gasteiger partial charge < -0.3 is 0 Å². The number of hydrogen-bond acceptors (Lipinski definition) is 0. The summed E-state index contributed by atoms with van der Waals surface area (Å²) in [5.41, 5.74) is 0. The summed E-state index contributed by atoms with van der Waals surface area (Å²) in [5.74, 6) is 1.05. The first-order chi connectivity index (χ1) is 3.84. The van der Waals surface area contributed by atoms with Gasteiger partial charge in [-0.15, -0.1) is 0 Å². The molecule has 0 heterocycles. The third kappa shape index (κ3) is 1.01. The van der Waals surface area contributed by atoms with Crippen LogP contribution in [0, 0.1) is 11.8 Å². The van der Waals surface area contributed by atoms with Crippen molar-refractivity contribution in [3.63, 3.8) is 0 Å². The number of rotatable bonds is 1. The molecule has 2 unspecified atom stereocenters. The standard InChI is InChI=1S/C7H13F/c1-6-3-2-4-7(6)5-8/h6-7H,2-5H2,1H3. The van der Waals surface area contributed by atoms with Gasteiger partial charge in [0.2, 0.25) is 0 Å². The van der Waals surface area contributed by atoms with Gasteiger partial charge in [0.25, 0.3) is 0 Å². The van der Waals surface area contributed by atoms with Crippen LogP contribution >= 0.6 is 0 Å². The molecule has 0 aromatic rings. The molecule has 0 spiro atoms. The lowest BCUT2D eigenvalue weighted by Gasteiger charge is -2.07. The first-order valence-corrected chi connectivity index (χ1v) is 3.40. The molecule has 8 heavy (non-hydrogen) atoms. The van der Waals surface area contributed by atoms with E-state index in [1.165, 1.54) is 12.8 Å². The number of halogens is 1. The zero-order valence-electron chi connectivity index (χ0n) is 5.36. The van der Waals surface area contributed by atoms with Gasteiger partial charge in [-0.2, -0.15) is 0 Å². The molecule has 1 fully saturated rings. The van der Waals surface area contributed by atoms with Crippen molar-refractivity contribution in [3.05, 3.63) is 0 Å². The first kappa shape index (κ1) is 6.06. The fourth-order valence-electron chi connectivity index (χ4n) is 1.45. The van der Waals surface area contributed by atoms with E-state index < -0.39 is 0 Å². The quantitative estimate of drug-likeness (QED) is 0.493. The predicted octanol–water partition coefficient (Wildman–Crippen LogP) is 2.39. The molecule has 0 aliphatic heterocycles. The van der Waals surface area contributed by atoms with Gasteiger partial charge in [0.1, 0.15) is 0 Å². The maximum Gasteiger partial charge on any atom is 0.0925 e. The van der Waals surface area contributed by atoms with Crippen LogP contribution in [-0.4, -0.2) is 6.67 Å². The van der Waals surface area contributed by atoms with Crippen LogP contribution in [0.5, 0.6) is 0 Å². The van der Waals surface area contributed by atoms with E-state index in [2.05, 4.69) is 6.92 Å². The Kier molecular flexibility index (Phi) is 1.87. The molecule has 0 saturated heterocycles. The lowest BCUT2D eigenvalue weighted by atomic mass is 10.0. The molecule has 48 valence electrons. The summed E-state index contributed by atoms with van der Waals surface area (Å²) in [6, 6.07) is 0. The molecule has 1 rings (SSSR count). The Morgan fingerprint density at radius 3 is 2.50 bits per heavy atom. The smallest absolute Gasteiger partial charge is 0.0925 e. The summed E-state index contributed by atoms with van der Waals surface area (Å²) in [6.45, 7) is 2.05. The van der Waals surface area contributed by atoms with Gasteiger partial charge in [0.05, 0.1) is 6.67 Å². The third-order valence-corrected chi connectivity index (χ3v) is 2.24.